The number of carbonyl (C=O) groups excluding carboxylic acids is 1. The van der Waals surface area contributed by atoms with Crippen molar-refractivity contribution in [2.24, 2.45) is 0 Å². The van der Waals surface area contributed by atoms with E-state index in [0.717, 1.165) is 23.8 Å². The summed E-state index contributed by atoms with van der Waals surface area (Å²) in [5.41, 5.74) is 0.517. The SMILES string of the molecule is CS(=O)(=O)N(CC(=O)Nc1cccc2cccnc12)c1ccc(F)cc1F. The second-order valence-corrected chi connectivity index (χ2v) is 7.70. The van der Waals surface area contributed by atoms with Gasteiger partial charge in [0, 0.05) is 17.6 Å². The highest BCUT2D eigenvalue weighted by Crippen LogP contribution is 2.24. The molecule has 0 aliphatic heterocycles. The van der Waals surface area contributed by atoms with E-state index in [0.29, 0.717) is 21.6 Å². The first-order valence-corrected chi connectivity index (χ1v) is 9.67. The van der Waals surface area contributed by atoms with Crippen LogP contribution in [0.25, 0.3) is 10.9 Å². The Kier molecular flexibility index (Phi) is 5.04. The molecule has 0 unspecified atom stereocenters. The minimum Gasteiger partial charge on any atom is -0.323 e. The van der Waals surface area contributed by atoms with Crippen LogP contribution in [0.4, 0.5) is 20.2 Å². The number of para-hydroxylation sites is 1. The van der Waals surface area contributed by atoms with E-state index in [1.165, 1.54) is 0 Å². The van der Waals surface area contributed by atoms with Gasteiger partial charge in [-0.3, -0.25) is 14.1 Å². The van der Waals surface area contributed by atoms with Gasteiger partial charge in [-0.1, -0.05) is 18.2 Å². The maximum Gasteiger partial charge on any atom is 0.245 e. The third kappa shape index (κ3) is 4.20. The fourth-order valence-electron chi connectivity index (χ4n) is 2.59. The second-order valence-electron chi connectivity index (χ2n) is 5.79. The lowest BCUT2D eigenvalue weighted by Crippen LogP contribution is -2.38. The molecule has 0 aliphatic carbocycles. The van der Waals surface area contributed by atoms with Crippen LogP contribution < -0.4 is 9.62 Å². The molecule has 3 aromatic rings. The van der Waals surface area contributed by atoms with Gasteiger partial charge >= 0.3 is 0 Å². The van der Waals surface area contributed by atoms with Crippen molar-refractivity contribution in [3.63, 3.8) is 0 Å². The predicted octanol–water partition coefficient (Wildman–Crippen LogP) is 2.92. The van der Waals surface area contributed by atoms with Gasteiger partial charge in [-0.05, 0) is 24.3 Å². The molecule has 3 rings (SSSR count). The van der Waals surface area contributed by atoms with Gasteiger partial charge in [-0.15, -0.1) is 0 Å². The Labute approximate surface area is 154 Å². The average molecular weight is 391 g/mol. The number of halogens is 2. The number of amides is 1. The first-order valence-electron chi connectivity index (χ1n) is 7.82. The van der Waals surface area contributed by atoms with E-state index in [2.05, 4.69) is 10.3 Å². The highest BCUT2D eigenvalue weighted by atomic mass is 32.2. The lowest BCUT2D eigenvalue weighted by atomic mass is 10.2. The monoisotopic (exact) mass is 391 g/mol. The molecule has 0 aliphatic rings. The van der Waals surface area contributed by atoms with Crippen molar-refractivity contribution in [3.8, 4) is 0 Å². The highest BCUT2D eigenvalue weighted by molar-refractivity contribution is 7.92. The van der Waals surface area contributed by atoms with E-state index >= 15 is 0 Å². The number of benzene rings is 2. The van der Waals surface area contributed by atoms with Crippen molar-refractivity contribution in [3.05, 3.63) is 66.4 Å². The van der Waals surface area contributed by atoms with Gasteiger partial charge < -0.3 is 5.32 Å². The van der Waals surface area contributed by atoms with Crippen molar-refractivity contribution in [1.82, 2.24) is 4.98 Å². The topological polar surface area (TPSA) is 79.4 Å². The van der Waals surface area contributed by atoms with E-state index in [1.54, 1.807) is 24.4 Å². The molecular formula is C18H15F2N3O3S. The number of anilines is 2. The average Bonchev–Trinajstić information content (AvgIpc) is 2.60. The van der Waals surface area contributed by atoms with E-state index in [4.69, 9.17) is 0 Å². The number of carbonyl (C=O) groups is 1. The number of hydrogen-bond acceptors (Lipinski definition) is 4. The number of nitrogens with zero attached hydrogens (tertiary/aromatic N) is 2. The summed E-state index contributed by atoms with van der Waals surface area (Å²) in [6, 6.07) is 11.2. The Morgan fingerprint density at radius 2 is 1.89 bits per heavy atom. The van der Waals surface area contributed by atoms with Crippen LogP contribution in [0.2, 0.25) is 0 Å². The van der Waals surface area contributed by atoms with Gasteiger partial charge in [0.25, 0.3) is 0 Å². The third-order valence-electron chi connectivity index (χ3n) is 3.77. The Morgan fingerprint density at radius 3 is 2.59 bits per heavy atom. The molecule has 9 heteroatoms. The summed E-state index contributed by atoms with van der Waals surface area (Å²) in [7, 11) is -3.99. The normalized spacial score (nSPS) is 11.4. The quantitative estimate of drug-likeness (QED) is 0.725. The molecule has 1 heterocycles. The van der Waals surface area contributed by atoms with Crippen molar-refractivity contribution in [2.75, 3.05) is 22.4 Å². The first kappa shape index (κ1) is 18.7. The molecule has 1 N–H and O–H groups in total. The molecule has 0 saturated heterocycles. The summed E-state index contributed by atoms with van der Waals surface area (Å²) in [5, 5.41) is 3.38. The molecule has 0 saturated carbocycles. The lowest BCUT2D eigenvalue weighted by Gasteiger charge is -2.22. The molecule has 27 heavy (non-hydrogen) atoms. The fourth-order valence-corrected chi connectivity index (χ4v) is 3.45. The Bertz CT molecular complexity index is 1110. The van der Waals surface area contributed by atoms with Crippen LogP contribution in [0, 0.1) is 11.6 Å². The van der Waals surface area contributed by atoms with Crippen molar-refractivity contribution in [2.45, 2.75) is 0 Å². The molecule has 0 bridgehead atoms. The minimum atomic E-state index is -3.99. The Hall–Kier alpha value is -3.07. The Morgan fingerprint density at radius 1 is 1.15 bits per heavy atom. The maximum absolute atomic E-state index is 14.0. The summed E-state index contributed by atoms with van der Waals surface area (Å²) in [4.78, 5) is 16.6. The van der Waals surface area contributed by atoms with Gasteiger partial charge in [0.15, 0.2) is 0 Å². The molecule has 2 aromatic carbocycles. The van der Waals surface area contributed by atoms with E-state index < -0.39 is 39.8 Å². The highest BCUT2D eigenvalue weighted by Gasteiger charge is 2.24. The lowest BCUT2D eigenvalue weighted by molar-refractivity contribution is -0.114. The number of sulfonamides is 1. The zero-order valence-electron chi connectivity index (χ0n) is 14.2. The third-order valence-corrected chi connectivity index (χ3v) is 4.90. The number of pyridine rings is 1. The largest absolute Gasteiger partial charge is 0.323 e. The summed E-state index contributed by atoms with van der Waals surface area (Å²) < 4.78 is 51.8. The van der Waals surface area contributed by atoms with Crippen LogP contribution in [-0.4, -0.2) is 32.1 Å². The van der Waals surface area contributed by atoms with Crippen LogP contribution in [0.5, 0.6) is 0 Å². The first-order chi connectivity index (χ1) is 12.8. The molecule has 0 fully saturated rings. The van der Waals surface area contributed by atoms with Crippen molar-refractivity contribution in [1.29, 1.82) is 0 Å². The van der Waals surface area contributed by atoms with Crippen LogP contribution >= 0.6 is 0 Å². The summed E-state index contributed by atoms with van der Waals surface area (Å²) in [6.07, 6.45) is 2.40. The number of hydrogen-bond donors (Lipinski definition) is 1. The van der Waals surface area contributed by atoms with Crippen molar-refractivity contribution < 1.29 is 22.0 Å². The standard InChI is InChI=1S/C18H15F2N3O3S/c1-27(25,26)23(16-8-7-13(19)10-14(16)20)11-17(24)22-15-6-2-4-12-5-3-9-21-18(12)15/h2-10H,11H2,1H3,(H,22,24). The van der Waals surface area contributed by atoms with Crippen molar-refractivity contribution >= 4 is 38.2 Å². The van der Waals surface area contributed by atoms with Crippen LogP contribution in [-0.2, 0) is 14.8 Å². The molecule has 6 nitrogen and oxygen atoms in total. The fraction of sp³-hybridized carbons (Fsp3) is 0.111. The molecule has 1 aromatic heterocycles. The number of rotatable bonds is 5. The van der Waals surface area contributed by atoms with Crippen LogP contribution in [0.1, 0.15) is 0 Å². The molecule has 0 spiro atoms. The van der Waals surface area contributed by atoms with Gasteiger partial charge in [0.2, 0.25) is 15.9 Å². The maximum atomic E-state index is 14.0. The van der Waals surface area contributed by atoms with E-state index in [-0.39, 0.29) is 0 Å². The summed E-state index contributed by atoms with van der Waals surface area (Å²) in [5.74, 6) is -2.63. The van der Waals surface area contributed by atoms with E-state index in [9.17, 15) is 22.0 Å². The summed E-state index contributed by atoms with van der Waals surface area (Å²) in [6.45, 7) is -0.676. The molecule has 0 atom stereocenters. The van der Waals surface area contributed by atoms with Gasteiger partial charge in [-0.2, -0.15) is 0 Å². The smallest absolute Gasteiger partial charge is 0.245 e. The second kappa shape index (κ2) is 7.28. The molecule has 0 radical (unpaired) electrons. The van der Waals surface area contributed by atoms with E-state index in [1.807, 2.05) is 12.1 Å². The van der Waals surface area contributed by atoms with Gasteiger partial charge in [0.1, 0.15) is 18.2 Å². The predicted molar refractivity (Wildman–Crippen MR) is 98.9 cm³/mol. The number of nitrogens with one attached hydrogen (secondary N) is 1. The van der Waals surface area contributed by atoms with Gasteiger partial charge in [0.05, 0.1) is 23.1 Å². The zero-order valence-corrected chi connectivity index (χ0v) is 15.0. The summed E-state index contributed by atoms with van der Waals surface area (Å²) >= 11 is 0. The Balaban J connectivity index is 1.89. The molecule has 140 valence electrons. The van der Waals surface area contributed by atoms with Crippen LogP contribution in [0.3, 0.4) is 0 Å². The number of aromatic nitrogens is 1. The minimum absolute atomic E-state index is 0.395. The molecular weight excluding hydrogens is 376 g/mol. The molecule has 1 amide bonds. The van der Waals surface area contributed by atoms with Crippen LogP contribution in [0.15, 0.2) is 54.7 Å². The zero-order chi connectivity index (χ0) is 19.6. The number of fused-ring (bicyclic) bond motifs is 1. The van der Waals surface area contributed by atoms with Gasteiger partial charge in [-0.25, -0.2) is 17.2 Å².